The third kappa shape index (κ3) is 3.30. The van der Waals surface area contributed by atoms with Crippen LogP contribution in [0.3, 0.4) is 0 Å². The number of aliphatic hydroxyl groups is 1. The first kappa shape index (κ1) is 17.6. The van der Waals surface area contributed by atoms with E-state index < -0.39 is 11.4 Å². The quantitative estimate of drug-likeness (QED) is 0.932. The molecule has 1 aliphatic rings. The lowest BCUT2D eigenvalue weighted by Crippen LogP contribution is -2.60. The molecule has 0 aliphatic carbocycles. The number of halogens is 1. The van der Waals surface area contributed by atoms with E-state index in [1.54, 1.807) is 17.0 Å². The highest BCUT2D eigenvalue weighted by molar-refractivity contribution is 5.94. The van der Waals surface area contributed by atoms with Crippen LogP contribution in [0.2, 0.25) is 0 Å². The summed E-state index contributed by atoms with van der Waals surface area (Å²) in [5.74, 6) is -0.849. The van der Waals surface area contributed by atoms with Crippen LogP contribution in [0.1, 0.15) is 22.3 Å². The van der Waals surface area contributed by atoms with E-state index in [2.05, 4.69) is 0 Å². The van der Waals surface area contributed by atoms with E-state index >= 15 is 0 Å². The van der Waals surface area contributed by atoms with Crippen molar-refractivity contribution in [2.24, 2.45) is 0 Å². The lowest BCUT2D eigenvalue weighted by molar-refractivity contribution is -0.0811. The summed E-state index contributed by atoms with van der Waals surface area (Å²) in [6.07, 6.45) is 0.403. The summed E-state index contributed by atoms with van der Waals surface area (Å²) in [5.41, 5.74) is -0.131. The van der Waals surface area contributed by atoms with Gasteiger partial charge in [-0.05, 0) is 38.2 Å². The maximum atomic E-state index is 14.0. The van der Waals surface area contributed by atoms with Crippen molar-refractivity contribution in [1.82, 2.24) is 9.80 Å². The zero-order chi connectivity index (χ0) is 18.0. The van der Waals surface area contributed by atoms with E-state index in [0.29, 0.717) is 19.5 Å². The van der Waals surface area contributed by atoms with Crippen molar-refractivity contribution in [2.75, 3.05) is 27.2 Å². The molecule has 2 atom stereocenters. The molecule has 25 heavy (non-hydrogen) atoms. The van der Waals surface area contributed by atoms with Crippen LogP contribution in [0.25, 0.3) is 0 Å². The molecular weight excluding hydrogens is 319 g/mol. The van der Waals surface area contributed by atoms with Gasteiger partial charge in [-0.15, -0.1) is 0 Å². The summed E-state index contributed by atoms with van der Waals surface area (Å²) >= 11 is 0. The number of amides is 1. The molecule has 1 heterocycles. The summed E-state index contributed by atoms with van der Waals surface area (Å²) in [7, 11) is 3.77. The number of likely N-dealkylation sites (N-methyl/N-ethyl adjacent to an activating group) is 1. The maximum absolute atomic E-state index is 14.0. The minimum absolute atomic E-state index is 0.0742. The Labute approximate surface area is 147 Å². The van der Waals surface area contributed by atoms with Crippen molar-refractivity contribution in [3.63, 3.8) is 0 Å². The lowest BCUT2D eigenvalue weighted by Gasteiger charge is -2.47. The number of piperidine rings is 1. The van der Waals surface area contributed by atoms with Crippen LogP contribution >= 0.6 is 0 Å². The Bertz CT molecular complexity index is 750. The summed E-state index contributed by atoms with van der Waals surface area (Å²) in [4.78, 5) is 16.3. The van der Waals surface area contributed by atoms with Gasteiger partial charge < -0.3 is 14.9 Å². The van der Waals surface area contributed by atoms with Crippen molar-refractivity contribution in [1.29, 1.82) is 0 Å². The molecule has 1 fully saturated rings. The summed E-state index contributed by atoms with van der Waals surface area (Å²) in [6, 6.07) is 15.3. The minimum atomic E-state index is -1.04. The molecule has 0 spiro atoms. The second-order valence-corrected chi connectivity index (χ2v) is 6.75. The normalized spacial score (nSPS) is 23.7. The molecule has 0 unspecified atom stereocenters. The molecule has 2 aromatic carbocycles. The van der Waals surface area contributed by atoms with Gasteiger partial charge in [0.1, 0.15) is 11.4 Å². The third-order valence-corrected chi connectivity index (χ3v) is 5.00. The lowest BCUT2D eigenvalue weighted by atomic mass is 9.79. The van der Waals surface area contributed by atoms with E-state index in [0.717, 1.165) is 5.56 Å². The van der Waals surface area contributed by atoms with Gasteiger partial charge in [-0.3, -0.25) is 4.79 Å². The van der Waals surface area contributed by atoms with Gasteiger partial charge in [-0.25, -0.2) is 4.39 Å². The molecule has 0 saturated carbocycles. The highest BCUT2D eigenvalue weighted by atomic mass is 19.1. The van der Waals surface area contributed by atoms with E-state index in [9.17, 15) is 14.3 Å². The van der Waals surface area contributed by atoms with Gasteiger partial charge in [-0.2, -0.15) is 0 Å². The SMILES string of the molecule is CN(C)[C@@H]1CN(C(=O)c2ccccc2F)CC[C@]1(O)c1ccccc1. The molecule has 1 saturated heterocycles. The number of nitrogens with zero attached hydrogens (tertiary/aromatic N) is 2. The Morgan fingerprint density at radius 1 is 1.16 bits per heavy atom. The van der Waals surface area contributed by atoms with Crippen molar-refractivity contribution in [3.8, 4) is 0 Å². The van der Waals surface area contributed by atoms with Crippen LogP contribution in [0.4, 0.5) is 4.39 Å². The average Bonchev–Trinajstić information content (AvgIpc) is 2.62. The number of hydrogen-bond donors (Lipinski definition) is 1. The molecule has 3 rings (SSSR count). The maximum Gasteiger partial charge on any atom is 0.256 e. The van der Waals surface area contributed by atoms with E-state index in [4.69, 9.17) is 0 Å². The van der Waals surface area contributed by atoms with Crippen LogP contribution in [0, 0.1) is 5.82 Å². The average molecular weight is 342 g/mol. The first-order valence-corrected chi connectivity index (χ1v) is 8.41. The molecule has 5 heteroatoms. The first-order chi connectivity index (χ1) is 11.9. The summed E-state index contributed by atoms with van der Waals surface area (Å²) in [5, 5.41) is 11.3. The summed E-state index contributed by atoms with van der Waals surface area (Å²) < 4.78 is 14.0. The molecule has 2 aromatic rings. The number of carbonyl (C=O) groups excluding carboxylic acids is 1. The number of carbonyl (C=O) groups is 1. The molecule has 0 radical (unpaired) electrons. The van der Waals surface area contributed by atoms with Crippen LogP contribution in [0.15, 0.2) is 54.6 Å². The van der Waals surface area contributed by atoms with Gasteiger partial charge in [-0.1, -0.05) is 42.5 Å². The standard InChI is InChI=1S/C20H23FN2O2/c1-22(2)18-14-23(19(24)16-10-6-7-11-17(16)21)13-12-20(18,25)15-8-4-3-5-9-15/h3-11,18,25H,12-14H2,1-2H3/t18-,20+/m1/s1. The Morgan fingerprint density at radius 3 is 2.44 bits per heavy atom. The Hall–Kier alpha value is -2.24. The van der Waals surface area contributed by atoms with Crippen molar-refractivity contribution in [3.05, 3.63) is 71.5 Å². The smallest absolute Gasteiger partial charge is 0.256 e. The molecule has 1 N–H and O–H groups in total. The van der Waals surface area contributed by atoms with Crippen molar-refractivity contribution in [2.45, 2.75) is 18.1 Å². The zero-order valence-electron chi connectivity index (χ0n) is 14.5. The summed E-state index contributed by atoms with van der Waals surface area (Å²) in [6.45, 7) is 0.717. The van der Waals surface area contributed by atoms with Gasteiger partial charge in [0.2, 0.25) is 0 Å². The van der Waals surface area contributed by atoms with Crippen LogP contribution in [-0.4, -0.2) is 54.0 Å². The van der Waals surface area contributed by atoms with E-state index in [1.165, 1.54) is 12.1 Å². The molecule has 1 aliphatic heterocycles. The Morgan fingerprint density at radius 2 is 1.80 bits per heavy atom. The molecule has 0 aromatic heterocycles. The second-order valence-electron chi connectivity index (χ2n) is 6.75. The fourth-order valence-corrected chi connectivity index (χ4v) is 3.57. The largest absolute Gasteiger partial charge is 0.383 e. The second kappa shape index (κ2) is 6.94. The monoisotopic (exact) mass is 342 g/mol. The molecule has 4 nitrogen and oxygen atoms in total. The minimum Gasteiger partial charge on any atom is -0.383 e. The molecule has 132 valence electrons. The topological polar surface area (TPSA) is 43.8 Å². The van der Waals surface area contributed by atoms with Crippen LogP contribution < -0.4 is 0 Å². The molecule has 1 amide bonds. The first-order valence-electron chi connectivity index (χ1n) is 8.41. The van der Waals surface area contributed by atoms with Gasteiger partial charge in [0, 0.05) is 13.1 Å². The predicted molar refractivity (Wildman–Crippen MR) is 94.7 cm³/mol. The fraction of sp³-hybridized carbons (Fsp3) is 0.350. The number of benzene rings is 2. The highest BCUT2D eigenvalue weighted by Gasteiger charge is 2.45. The highest BCUT2D eigenvalue weighted by Crippen LogP contribution is 2.35. The number of likely N-dealkylation sites (tertiary alicyclic amines) is 1. The van der Waals surface area contributed by atoms with Gasteiger partial charge in [0.15, 0.2) is 0 Å². The van der Waals surface area contributed by atoms with Gasteiger partial charge in [0.25, 0.3) is 5.91 Å². The van der Waals surface area contributed by atoms with Gasteiger partial charge in [0.05, 0.1) is 11.6 Å². The van der Waals surface area contributed by atoms with Crippen LogP contribution in [-0.2, 0) is 5.60 Å². The number of rotatable bonds is 3. The van der Waals surface area contributed by atoms with Gasteiger partial charge >= 0.3 is 0 Å². The molecular formula is C20H23FN2O2. The fourth-order valence-electron chi connectivity index (χ4n) is 3.57. The Balaban J connectivity index is 1.87. The van der Waals surface area contributed by atoms with E-state index in [1.807, 2.05) is 49.3 Å². The van der Waals surface area contributed by atoms with Crippen molar-refractivity contribution >= 4 is 5.91 Å². The number of hydrogen-bond acceptors (Lipinski definition) is 3. The van der Waals surface area contributed by atoms with Crippen LogP contribution in [0.5, 0.6) is 0 Å². The third-order valence-electron chi connectivity index (χ3n) is 5.00. The predicted octanol–water partition coefficient (Wildman–Crippen LogP) is 2.49. The van der Waals surface area contributed by atoms with E-state index in [-0.39, 0.29) is 17.5 Å². The Kier molecular flexibility index (Phi) is 4.88. The molecule has 0 bridgehead atoms. The zero-order valence-corrected chi connectivity index (χ0v) is 14.5. The van der Waals surface area contributed by atoms with Crippen molar-refractivity contribution < 1.29 is 14.3 Å².